The molecule has 1 atom stereocenters. The standard InChI is InChI=1S/C6H13O/c1-3-4-6(2)5-7/h3,6-7H,4-5H2,1-2H3. The van der Waals surface area contributed by atoms with Gasteiger partial charge >= 0.3 is 0 Å². The molecular weight excluding hydrogens is 88.1 g/mol. The Morgan fingerprint density at radius 1 is 1.71 bits per heavy atom. The Bertz CT molecular complexity index is 35.2. The fourth-order valence-corrected chi connectivity index (χ4v) is 0.477. The first kappa shape index (κ1) is 6.96. The van der Waals surface area contributed by atoms with E-state index in [4.69, 9.17) is 5.11 Å². The zero-order valence-electron chi connectivity index (χ0n) is 5.02. The van der Waals surface area contributed by atoms with E-state index in [0.29, 0.717) is 12.5 Å². The molecule has 7 heavy (non-hydrogen) atoms. The fourth-order valence-electron chi connectivity index (χ4n) is 0.477. The summed E-state index contributed by atoms with van der Waals surface area (Å²) >= 11 is 0. The molecule has 0 aromatic heterocycles. The van der Waals surface area contributed by atoms with Gasteiger partial charge in [0.2, 0.25) is 0 Å². The third-order valence-corrected chi connectivity index (χ3v) is 0.950. The van der Waals surface area contributed by atoms with Crippen molar-refractivity contribution < 1.29 is 5.11 Å². The first-order chi connectivity index (χ1) is 3.31. The first-order valence-corrected chi connectivity index (χ1v) is 2.70. The van der Waals surface area contributed by atoms with Crippen LogP contribution in [0.3, 0.4) is 0 Å². The van der Waals surface area contributed by atoms with Crippen molar-refractivity contribution in [1.82, 2.24) is 0 Å². The fraction of sp³-hybridized carbons (Fsp3) is 0.833. The molecule has 0 aromatic rings. The average molecular weight is 101 g/mol. The van der Waals surface area contributed by atoms with Crippen LogP contribution in [-0.2, 0) is 0 Å². The van der Waals surface area contributed by atoms with Crippen molar-refractivity contribution in [1.29, 1.82) is 0 Å². The van der Waals surface area contributed by atoms with Crippen LogP contribution in [0.4, 0.5) is 0 Å². The van der Waals surface area contributed by atoms with E-state index in [1.54, 1.807) is 0 Å². The lowest BCUT2D eigenvalue weighted by atomic mass is 10.1. The molecule has 0 fully saturated rings. The molecular formula is C6H13O. The van der Waals surface area contributed by atoms with Gasteiger partial charge in [0.25, 0.3) is 0 Å². The summed E-state index contributed by atoms with van der Waals surface area (Å²) in [5.41, 5.74) is 0. The summed E-state index contributed by atoms with van der Waals surface area (Å²) in [4.78, 5) is 0. The summed E-state index contributed by atoms with van der Waals surface area (Å²) in [7, 11) is 0. The van der Waals surface area contributed by atoms with E-state index in [0.717, 1.165) is 6.42 Å². The molecule has 1 heteroatoms. The second-order valence-electron chi connectivity index (χ2n) is 1.93. The molecule has 1 radical (unpaired) electrons. The van der Waals surface area contributed by atoms with Crippen molar-refractivity contribution in [3.63, 3.8) is 0 Å². The average Bonchev–Trinajstić information content (AvgIpc) is 1.68. The topological polar surface area (TPSA) is 20.2 Å². The maximum atomic E-state index is 8.45. The van der Waals surface area contributed by atoms with Crippen molar-refractivity contribution in [3.05, 3.63) is 6.42 Å². The van der Waals surface area contributed by atoms with Gasteiger partial charge in [0.15, 0.2) is 0 Å². The van der Waals surface area contributed by atoms with Crippen LogP contribution in [0.25, 0.3) is 0 Å². The minimum atomic E-state index is 0.310. The number of aliphatic hydroxyl groups is 1. The predicted molar refractivity (Wildman–Crippen MR) is 30.8 cm³/mol. The summed E-state index contributed by atoms with van der Waals surface area (Å²) in [6, 6.07) is 0. The van der Waals surface area contributed by atoms with E-state index in [2.05, 4.69) is 6.42 Å². The van der Waals surface area contributed by atoms with Crippen LogP contribution < -0.4 is 0 Å². The third-order valence-electron chi connectivity index (χ3n) is 0.950. The van der Waals surface area contributed by atoms with Crippen molar-refractivity contribution in [3.8, 4) is 0 Å². The van der Waals surface area contributed by atoms with Gasteiger partial charge in [-0.1, -0.05) is 13.8 Å². The number of aliphatic hydroxyl groups excluding tert-OH is 1. The molecule has 0 heterocycles. The third kappa shape index (κ3) is 3.80. The summed E-state index contributed by atoms with van der Waals surface area (Å²) in [6.07, 6.45) is 3.09. The molecule has 0 aliphatic rings. The highest BCUT2D eigenvalue weighted by Crippen LogP contribution is 2.00. The second-order valence-corrected chi connectivity index (χ2v) is 1.93. The Morgan fingerprint density at radius 2 is 2.29 bits per heavy atom. The summed E-state index contributed by atoms with van der Waals surface area (Å²) < 4.78 is 0. The maximum absolute atomic E-state index is 8.45. The van der Waals surface area contributed by atoms with Crippen LogP contribution in [0.2, 0.25) is 0 Å². The van der Waals surface area contributed by atoms with Crippen molar-refractivity contribution in [2.24, 2.45) is 5.92 Å². The Balaban J connectivity index is 2.83. The highest BCUT2D eigenvalue weighted by Gasteiger charge is 1.94. The lowest BCUT2D eigenvalue weighted by Gasteiger charge is -2.01. The molecule has 0 spiro atoms. The molecule has 0 saturated carbocycles. The lowest BCUT2D eigenvalue weighted by Crippen LogP contribution is -1.98. The predicted octanol–water partition coefficient (Wildman–Crippen LogP) is 1.23. The van der Waals surface area contributed by atoms with Crippen LogP contribution in [0.15, 0.2) is 0 Å². The van der Waals surface area contributed by atoms with Crippen LogP contribution >= 0.6 is 0 Å². The highest BCUT2D eigenvalue weighted by molar-refractivity contribution is 4.60. The number of hydrogen-bond acceptors (Lipinski definition) is 1. The monoisotopic (exact) mass is 101 g/mol. The zero-order chi connectivity index (χ0) is 5.70. The largest absolute Gasteiger partial charge is 0.396 e. The number of rotatable bonds is 3. The van der Waals surface area contributed by atoms with E-state index in [-0.39, 0.29) is 0 Å². The van der Waals surface area contributed by atoms with Crippen LogP contribution in [-0.4, -0.2) is 11.7 Å². The van der Waals surface area contributed by atoms with Gasteiger partial charge in [-0.2, -0.15) is 0 Å². The van der Waals surface area contributed by atoms with Crippen LogP contribution in [0.5, 0.6) is 0 Å². The highest BCUT2D eigenvalue weighted by atomic mass is 16.3. The van der Waals surface area contributed by atoms with E-state index in [1.807, 2.05) is 13.8 Å². The van der Waals surface area contributed by atoms with Crippen molar-refractivity contribution >= 4 is 0 Å². The van der Waals surface area contributed by atoms with Gasteiger partial charge in [-0.25, -0.2) is 0 Å². The summed E-state index contributed by atoms with van der Waals surface area (Å²) in [5.74, 6) is 0.449. The number of hydrogen-bond donors (Lipinski definition) is 1. The van der Waals surface area contributed by atoms with Gasteiger partial charge in [0.05, 0.1) is 0 Å². The van der Waals surface area contributed by atoms with Crippen LogP contribution in [0, 0.1) is 12.3 Å². The van der Waals surface area contributed by atoms with E-state index in [9.17, 15) is 0 Å². The summed E-state index contributed by atoms with van der Waals surface area (Å²) in [6.45, 7) is 4.34. The minimum absolute atomic E-state index is 0.310. The normalized spacial score (nSPS) is 14.1. The Hall–Kier alpha value is -0.0400. The van der Waals surface area contributed by atoms with Crippen molar-refractivity contribution in [2.75, 3.05) is 6.61 Å². The molecule has 0 aromatic carbocycles. The van der Waals surface area contributed by atoms with Gasteiger partial charge in [-0.05, 0) is 18.8 Å². The SMILES string of the molecule is C[CH]CC(C)CO. The molecule has 0 aliphatic heterocycles. The molecule has 1 nitrogen and oxygen atoms in total. The molecule has 0 bridgehead atoms. The quantitative estimate of drug-likeness (QED) is 0.567. The Labute approximate surface area is 45.4 Å². The molecule has 0 amide bonds. The first-order valence-electron chi connectivity index (χ1n) is 2.70. The van der Waals surface area contributed by atoms with E-state index < -0.39 is 0 Å². The molecule has 43 valence electrons. The molecule has 0 rings (SSSR count). The van der Waals surface area contributed by atoms with Gasteiger partial charge in [-0.3, -0.25) is 0 Å². The van der Waals surface area contributed by atoms with Gasteiger partial charge in [0, 0.05) is 6.61 Å². The molecule has 1 N–H and O–H groups in total. The van der Waals surface area contributed by atoms with Gasteiger partial charge in [0.1, 0.15) is 0 Å². The van der Waals surface area contributed by atoms with Crippen molar-refractivity contribution in [2.45, 2.75) is 20.3 Å². The Kier molecular flexibility index (Phi) is 4.10. The smallest absolute Gasteiger partial charge is 0.0456 e. The zero-order valence-corrected chi connectivity index (χ0v) is 5.02. The second kappa shape index (κ2) is 4.13. The van der Waals surface area contributed by atoms with Gasteiger partial charge < -0.3 is 5.11 Å². The maximum Gasteiger partial charge on any atom is 0.0456 e. The Morgan fingerprint density at radius 3 is 2.43 bits per heavy atom. The molecule has 1 unspecified atom stereocenters. The van der Waals surface area contributed by atoms with E-state index >= 15 is 0 Å². The molecule has 0 aliphatic carbocycles. The van der Waals surface area contributed by atoms with E-state index in [1.165, 1.54) is 0 Å². The van der Waals surface area contributed by atoms with Crippen LogP contribution in [0.1, 0.15) is 20.3 Å². The molecule has 0 saturated heterocycles. The minimum Gasteiger partial charge on any atom is -0.396 e. The lowest BCUT2D eigenvalue weighted by molar-refractivity contribution is 0.236. The summed E-state index contributed by atoms with van der Waals surface area (Å²) in [5, 5.41) is 8.45. The van der Waals surface area contributed by atoms with Gasteiger partial charge in [-0.15, -0.1) is 0 Å².